The molecule has 3 aliphatic rings. The zero-order chi connectivity index (χ0) is 30.2. The third-order valence-corrected chi connectivity index (χ3v) is 10.7. The van der Waals surface area contributed by atoms with Gasteiger partial charge in [-0.05, 0) is 74.8 Å². The number of aliphatic carboxylic acids is 1. The monoisotopic (exact) mass is 605 g/mol. The first kappa shape index (κ1) is 29.0. The maximum absolute atomic E-state index is 14.6. The van der Waals surface area contributed by atoms with Gasteiger partial charge in [-0.1, -0.05) is 31.5 Å². The van der Waals surface area contributed by atoms with Gasteiger partial charge < -0.3 is 14.6 Å². The van der Waals surface area contributed by atoms with E-state index in [0.717, 1.165) is 29.2 Å². The lowest BCUT2D eigenvalue weighted by Crippen LogP contribution is -2.43. The molecule has 0 unspecified atom stereocenters. The molecule has 12 heteroatoms. The average molecular weight is 606 g/mol. The number of rotatable bonds is 7. The van der Waals surface area contributed by atoms with E-state index in [4.69, 9.17) is 11.6 Å². The molecular weight excluding hydrogens is 571 g/mol. The Bertz CT molecular complexity index is 1520. The van der Waals surface area contributed by atoms with E-state index < -0.39 is 40.8 Å². The summed E-state index contributed by atoms with van der Waals surface area (Å²) in [5.41, 5.74) is -0.877. The number of carbonyl (C=O) groups is 2. The van der Waals surface area contributed by atoms with Crippen LogP contribution in [0.1, 0.15) is 81.4 Å². The van der Waals surface area contributed by atoms with Crippen LogP contribution >= 0.6 is 11.6 Å². The first-order valence-electron chi connectivity index (χ1n) is 14.5. The number of hydrogen-bond donors (Lipinski definition) is 1. The number of benzene rings is 1. The van der Waals surface area contributed by atoms with E-state index in [2.05, 4.69) is 23.9 Å². The Morgan fingerprint density at radius 3 is 2.43 bits per heavy atom. The Morgan fingerprint density at radius 1 is 1.14 bits per heavy atom. The van der Waals surface area contributed by atoms with E-state index in [1.165, 1.54) is 0 Å². The molecule has 3 fully saturated rings. The summed E-state index contributed by atoms with van der Waals surface area (Å²) in [4.78, 5) is 31.8. The summed E-state index contributed by atoms with van der Waals surface area (Å²) in [5, 5.41) is 14.2. The van der Waals surface area contributed by atoms with Crippen molar-refractivity contribution in [3.8, 4) is 0 Å². The quantitative estimate of drug-likeness (QED) is 0.324. The number of carbonyl (C=O) groups excluding carboxylic acids is 1. The number of aromatic nitrogens is 4. The van der Waals surface area contributed by atoms with Gasteiger partial charge in [-0.3, -0.25) is 14.3 Å². The molecule has 3 aromatic rings. The van der Waals surface area contributed by atoms with Crippen molar-refractivity contribution in [3.05, 3.63) is 47.0 Å². The number of halogens is 4. The molecule has 3 saturated carbocycles. The summed E-state index contributed by atoms with van der Waals surface area (Å²) in [6, 6.07) is 4.58. The fourth-order valence-electron chi connectivity index (χ4n) is 7.58. The number of carboxylic acids is 1. The van der Waals surface area contributed by atoms with Crippen LogP contribution in [0.3, 0.4) is 0 Å². The summed E-state index contributed by atoms with van der Waals surface area (Å²) in [7, 11) is 0. The first-order valence-corrected chi connectivity index (χ1v) is 14.9. The fourth-order valence-corrected chi connectivity index (χ4v) is 7.86. The van der Waals surface area contributed by atoms with Crippen LogP contribution in [0.25, 0.3) is 11.0 Å². The Hall–Kier alpha value is -3.08. The lowest BCUT2D eigenvalue weighted by Gasteiger charge is -2.35. The maximum Gasteiger partial charge on any atom is 0.433 e. The molecule has 2 heterocycles. The molecule has 6 rings (SSSR count). The third kappa shape index (κ3) is 4.77. The SMILES string of the molecule is CC1(C)[C@@H]2C[C@H](N(CCn3cnc4cccc(Cl)c43)C(=O)c3cnn([C@H]4CC[C@](C)(C(=O)O)CC4)c3C(F)(F)F)C[C@@H]21. The predicted octanol–water partition coefficient (Wildman–Crippen LogP) is 6.69. The molecule has 1 aromatic carbocycles. The highest BCUT2D eigenvalue weighted by Gasteiger charge is 2.63. The number of amides is 1. The number of nitrogens with zero attached hydrogens (tertiary/aromatic N) is 5. The molecule has 0 radical (unpaired) electrons. The van der Waals surface area contributed by atoms with Crippen molar-refractivity contribution in [2.24, 2.45) is 22.7 Å². The minimum Gasteiger partial charge on any atom is -0.481 e. The van der Waals surface area contributed by atoms with E-state index >= 15 is 0 Å². The lowest BCUT2D eigenvalue weighted by molar-refractivity contribution is -0.152. The molecule has 226 valence electrons. The first-order chi connectivity index (χ1) is 19.7. The predicted molar refractivity (Wildman–Crippen MR) is 150 cm³/mol. The van der Waals surface area contributed by atoms with E-state index in [1.807, 2.05) is 10.6 Å². The Kier molecular flexibility index (Phi) is 6.90. The molecule has 0 spiro atoms. The molecule has 3 aliphatic carbocycles. The number of fused-ring (bicyclic) bond motifs is 2. The van der Waals surface area contributed by atoms with Crippen molar-refractivity contribution >= 4 is 34.5 Å². The fraction of sp³-hybridized carbons (Fsp3) is 0.600. The molecule has 42 heavy (non-hydrogen) atoms. The van der Waals surface area contributed by atoms with Crippen LogP contribution in [0.4, 0.5) is 13.2 Å². The average Bonchev–Trinajstić information content (AvgIpc) is 3.48. The number of hydrogen-bond acceptors (Lipinski definition) is 4. The summed E-state index contributed by atoms with van der Waals surface area (Å²) in [6.07, 6.45) is 0.327. The lowest BCUT2D eigenvalue weighted by atomic mass is 9.74. The molecule has 2 aromatic heterocycles. The minimum absolute atomic E-state index is 0.179. The van der Waals surface area contributed by atoms with Gasteiger partial charge in [-0.25, -0.2) is 4.98 Å². The van der Waals surface area contributed by atoms with Crippen molar-refractivity contribution in [2.75, 3.05) is 6.54 Å². The second kappa shape index (κ2) is 9.99. The van der Waals surface area contributed by atoms with Crippen LogP contribution in [-0.2, 0) is 17.5 Å². The number of para-hydroxylation sites is 1. The van der Waals surface area contributed by atoms with Crippen molar-refractivity contribution < 1.29 is 27.9 Å². The summed E-state index contributed by atoms with van der Waals surface area (Å²) in [5.74, 6) is -0.748. The number of carboxylic acid groups (broad SMARTS) is 1. The van der Waals surface area contributed by atoms with Crippen molar-refractivity contribution in [1.29, 1.82) is 0 Å². The molecule has 0 aliphatic heterocycles. The van der Waals surface area contributed by atoms with Crippen LogP contribution in [0.2, 0.25) is 5.02 Å². The molecule has 0 saturated heterocycles. The van der Waals surface area contributed by atoms with Crippen molar-refractivity contribution in [3.63, 3.8) is 0 Å². The Labute approximate surface area is 246 Å². The van der Waals surface area contributed by atoms with Gasteiger partial charge in [0.15, 0.2) is 5.69 Å². The highest BCUT2D eigenvalue weighted by atomic mass is 35.5. The summed E-state index contributed by atoms with van der Waals surface area (Å²) >= 11 is 6.43. The summed E-state index contributed by atoms with van der Waals surface area (Å²) in [6.45, 7) is 6.55. The normalized spacial score (nSPS) is 28.5. The van der Waals surface area contributed by atoms with E-state index in [1.54, 1.807) is 30.3 Å². The van der Waals surface area contributed by atoms with E-state index in [-0.39, 0.29) is 43.7 Å². The van der Waals surface area contributed by atoms with Crippen LogP contribution in [0.5, 0.6) is 0 Å². The zero-order valence-corrected chi connectivity index (χ0v) is 24.6. The summed E-state index contributed by atoms with van der Waals surface area (Å²) < 4.78 is 46.6. The van der Waals surface area contributed by atoms with Gasteiger partial charge in [0.25, 0.3) is 5.91 Å². The van der Waals surface area contributed by atoms with Crippen LogP contribution in [0.15, 0.2) is 30.7 Å². The molecule has 1 N–H and O–H groups in total. The van der Waals surface area contributed by atoms with Crippen LogP contribution in [0, 0.1) is 22.7 Å². The smallest absolute Gasteiger partial charge is 0.433 e. The van der Waals surface area contributed by atoms with Crippen molar-refractivity contribution in [2.45, 2.75) is 84.1 Å². The minimum atomic E-state index is -4.81. The molecular formula is C30H35ClF3N5O3. The highest BCUT2D eigenvalue weighted by molar-refractivity contribution is 6.34. The second-order valence-corrected chi connectivity index (χ2v) is 13.6. The van der Waals surface area contributed by atoms with Gasteiger partial charge in [0.1, 0.15) is 0 Å². The topological polar surface area (TPSA) is 93.3 Å². The molecule has 8 nitrogen and oxygen atoms in total. The second-order valence-electron chi connectivity index (χ2n) is 13.1. The maximum atomic E-state index is 14.6. The van der Waals surface area contributed by atoms with Gasteiger partial charge >= 0.3 is 12.1 Å². The zero-order valence-electron chi connectivity index (χ0n) is 23.9. The van der Waals surface area contributed by atoms with E-state index in [9.17, 15) is 27.9 Å². The van der Waals surface area contributed by atoms with Crippen LogP contribution < -0.4 is 0 Å². The van der Waals surface area contributed by atoms with Gasteiger partial charge in [0.05, 0.1) is 45.6 Å². The number of alkyl halides is 3. The van der Waals surface area contributed by atoms with Gasteiger partial charge in [0.2, 0.25) is 0 Å². The van der Waals surface area contributed by atoms with E-state index in [0.29, 0.717) is 28.9 Å². The highest BCUT2D eigenvalue weighted by Crippen LogP contribution is 2.67. The third-order valence-electron chi connectivity index (χ3n) is 10.4. The number of imidazole rings is 1. The van der Waals surface area contributed by atoms with Crippen LogP contribution in [-0.4, -0.2) is 53.8 Å². The molecule has 3 atom stereocenters. The largest absolute Gasteiger partial charge is 0.481 e. The van der Waals surface area contributed by atoms with Gasteiger partial charge in [-0.15, -0.1) is 0 Å². The standard InChI is InChI=1S/C30H35ClF3N5O3/c1-28(2)20-13-18(14-21(20)28)38(12-11-37-16-35-23-6-4-5-22(31)24(23)37)26(40)19-15-36-39(25(19)30(32,33)34)17-7-9-29(3,10-8-17)27(41)42/h4-6,15-18,20-21H,7-14H2,1-3H3,(H,41,42)/t17-,18-,20+,21-,29-. The Morgan fingerprint density at radius 2 is 1.81 bits per heavy atom. The van der Waals surface area contributed by atoms with Gasteiger partial charge in [0, 0.05) is 19.1 Å². The molecule has 0 bridgehead atoms. The Balaban J connectivity index is 1.30. The van der Waals surface area contributed by atoms with Gasteiger partial charge in [-0.2, -0.15) is 18.3 Å². The molecule has 1 amide bonds. The van der Waals surface area contributed by atoms with Crippen molar-refractivity contribution in [1.82, 2.24) is 24.2 Å².